The molecule has 4 nitrogen and oxygen atoms in total. The predicted molar refractivity (Wildman–Crippen MR) is 51.0 cm³/mol. The standard InChI is InChI=1S/C10H9FN2O2/c1-6-12-13-10(15-6)7-3-4-9(14-2)8(11)5-7/h3-5H,1-2H3. The van der Waals surface area contributed by atoms with Gasteiger partial charge >= 0.3 is 0 Å². The van der Waals surface area contributed by atoms with Crippen LogP contribution in [0.4, 0.5) is 4.39 Å². The van der Waals surface area contributed by atoms with E-state index in [2.05, 4.69) is 10.2 Å². The van der Waals surface area contributed by atoms with Crippen molar-refractivity contribution in [2.75, 3.05) is 7.11 Å². The Morgan fingerprint density at radius 2 is 2.13 bits per heavy atom. The molecule has 0 radical (unpaired) electrons. The van der Waals surface area contributed by atoms with Crippen LogP contribution in [0.2, 0.25) is 0 Å². The number of methoxy groups -OCH3 is 1. The minimum absolute atomic E-state index is 0.190. The van der Waals surface area contributed by atoms with E-state index in [1.807, 2.05) is 0 Å². The van der Waals surface area contributed by atoms with E-state index in [0.717, 1.165) is 0 Å². The Labute approximate surface area is 85.7 Å². The molecule has 0 spiro atoms. The molecule has 0 amide bonds. The lowest BCUT2D eigenvalue weighted by Gasteiger charge is -2.01. The first-order valence-corrected chi connectivity index (χ1v) is 4.34. The van der Waals surface area contributed by atoms with Gasteiger partial charge in [0, 0.05) is 12.5 Å². The normalized spacial score (nSPS) is 10.3. The fourth-order valence-corrected chi connectivity index (χ4v) is 1.21. The number of nitrogens with zero attached hydrogens (tertiary/aromatic N) is 2. The SMILES string of the molecule is COc1ccc(-c2nnc(C)o2)cc1F. The number of hydrogen-bond acceptors (Lipinski definition) is 4. The Morgan fingerprint density at radius 1 is 1.33 bits per heavy atom. The summed E-state index contributed by atoms with van der Waals surface area (Å²) >= 11 is 0. The van der Waals surface area contributed by atoms with Gasteiger partial charge in [-0.1, -0.05) is 0 Å². The lowest BCUT2D eigenvalue weighted by Crippen LogP contribution is -1.88. The van der Waals surface area contributed by atoms with Crippen molar-refractivity contribution in [3.05, 3.63) is 29.9 Å². The van der Waals surface area contributed by atoms with Gasteiger partial charge in [0.1, 0.15) is 0 Å². The van der Waals surface area contributed by atoms with Gasteiger partial charge in [0.25, 0.3) is 0 Å². The van der Waals surface area contributed by atoms with Crippen LogP contribution in [-0.2, 0) is 0 Å². The average molecular weight is 208 g/mol. The molecule has 0 aliphatic rings. The van der Waals surface area contributed by atoms with Gasteiger partial charge in [-0.2, -0.15) is 0 Å². The highest BCUT2D eigenvalue weighted by molar-refractivity contribution is 5.54. The first kappa shape index (κ1) is 9.64. The number of hydrogen-bond donors (Lipinski definition) is 0. The van der Waals surface area contributed by atoms with E-state index in [1.165, 1.54) is 19.2 Å². The molecular formula is C10H9FN2O2. The van der Waals surface area contributed by atoms with Crippen molar-refractivity contribution in [2.45, 2.75) is 6.92 Å². The van der Waals surface area contributed by atoms with Crippen LogP contribution in [0.25, 0.3) is 11.5 Å². The zero-order valence-corrected chi connectivity index (χ0v) is 8.32. The Bertz CT molecular complexity index is 482. The summed E-state index contributed by atoms with van der Waals surface area (Å²) in [6.07, 6.45) is 0. The van der Waals surface area contributed by atoms with E-state index in [-0.39, 0.29) is 5.75 Å². The molecule has 1 aromatic carbocycles. The summed E-state index contributed by atoms with van der Waals surface area (Å²) in [5.74, 6) is 0.483. The van der Waals surface area contributed by atoms with Gasteiger partial charge in [-0.15, -0.1) is 10.2 Å². The molecule has 0 unspecified atom stereocenters. The second-order valence-corrected chi connectivity index (χ2v) is 2.98. The number of aromatic nitrogens is 2. The molecule has 5 heteroatoms. The van der Waals surface area contributed by atoms with Gasteiger partial charge < -0.3 is 9.15 Å². The lowest BCUT2D eigenvalue weighted by atomic mass is 10.2. The van der Waals surface area contributed by atoms with Crippen LogP contribution in [0.5, 0.6) is 5.75 Å². The first-order valence-electron chi connectivity index (χ1n) is 4.34. The second-order valence-electron chi connectivity index (χ2n) is 2.98. The number of halogens is 1. The smallest absolute Gasteiger partial charge is 0.247 e. The van der Waals surface area contributed by atoms with Crippen LogP contribution in [0.3, 0.4) is 0 Å². The van der Waals surface area contributed by atoms with Gasteiger partial charge in [0.15, 0.2) is 11.6 Å². The van der Waals surface area contributed by atoms with Gasteiger partial charge in [0.05, 0.1) is 7.11 Å². The summed E-state index contributed by atoms with van der Waals surface area (Å²) in [6, 6.07) is 4.48. The second kappa shape index (κ2) is 3.68. The third kappa shape index (κ3) is 1.81. The molecule has 0 aliphatic heterocycles. The average Bonchev–Trinajstić information content (AvgIpc) is 2.65. The lowest BCUT2D eigenvalue weighted by molar-refractivity contribution is 0.386. The summed E-state index contributed by atoms with van der Waals surface area (Å²) in [7, 11) is 1.41. The third-order valence-corrected chi connectivity index (χ3v) is 1.92. The van der Waals surface area contributed by atoms with Gasteiger partial charge in [-0.25, -0.2) is 4.39 Å². The maximum Gasteiger partial charge on any atom is 0.247 e. The molecule has 15 heavy (non-hydrogen) atoms. The van der Waals surface area contributed by atoms with Crippen LogP contribution in [-0.4, -0.2) is 17.3 Å². The topological polar surface area (TPSA) is 48.2 Å². The molecule has 0 fully saturated rings. The minimum atomic E-state index is -0.453. The highest BCUT2D eigenvalue weighted by Gasteiger charge is 2.09. The maximum absolute atomic E-state index is 13.3. The summed E-state index contributed by atoms with van der Waals surface area (Å²) in [6.45, 7) is 1.68. The van der Waals surface area contributed by atoms with Crippen molar-refractivity contribution < 1.29 is 13.5 Å². The molecule has 1 heterocycles. The monoisotopic (exact) mass is 208 g/mol. The Hall–Kier alpha value is -1.91. The third-order valence-electron chi connectivity index (χ3n) is 1.92. The molecule has 2 rings (SSSR count). The van der Waals surface area contributed by atoms with Gasteiger partial charge in [0.2, 0.25) is 11.8 Å². The fourth-order valence-electron chi connectivity index (χ4n) is 1.21. The quantitative estimate of drug-likeness (QED) is 0.759. The van der Waals surface area contributed by atoms with Crippen LogP contribution >= 0.6 is 0 Å². The predicted octanol–water partition coefficient (Wildman–Crippen LogP) is 2.19. The van der Waals surface area contributed by atoms with Crippen molar-refractivity contribution in [2.24, 2.45) is 0 Å². The van der Waals surface area contributed by atoms with Crippen molar-refractivity contribution in [3.63, 3.8) is 0 Å². The molecule has 1 aromatic heterocycles. The molecule has 0 saturated heterocycles. The molecule has 0 atom stereocenters. The van der Waals surface area contributed by atoms with Crippen LogP contribution in [0.15, 0.2) is 22.6 Å². The number of aryl methyl sites for hydroxylation is 1. The van der Waals surface area contributed by atoms with E-state index in [1.54, 1.807) is 13.0 Å². The maximum atomic E-state index is 13.3. The van der Waals surface area contributed by atoms with Crippen molar-refractivity contribution in [3.8, 4) is 17.2 Å². The molecule has 0 bridgehead atoms. The molecule has 0 saturated carbocycles. The molecule has 2 aromatic rings. The van der Waals surface area contributed by atoms with Crippen molar-refractivity contribution in [1.29, 1.82) is 0 Å². The number of rotatable bonds is 2. The highest BCUT2D eigenvalue weighted by Crippen LogP contribution is 2.24. The van der Waals surface area contributed by atoms with Gasteiger partial charge in [-0.3, -0.25) is 0 Å². The molecule has 78 valence electrons. The summed E-state index contributed by atoms with van der Waals surface area (Å²) in [5, 5.41) is 7.45. The highest BCUT2D eigenvalue weighted by atomic mass is 19.1. The van der Waals surface area contributed by atoms with E-state index < -0.39 is 5.82 Å². The first-order chi connectivity index (χ1) is 7.20. The minimum Gasteiger partial charge on any atom is -0.494 e. The number of benzene rings is 1. The fraction of sp³-hybridized carbons (Fsp3) is 0.200. The van der Waals surface area contributed by atoms with Crippen LogP contribution in [0, 0.1) is 12.7 Å². The van der Waals surface area contributed by atoms with Crippen molar-refractivity contribution >= 4 is 0 Å². The zero-order valence-electron chi connectivity index (χ0n) is 8.32. The van der Waals surface area contributed by atoms with E-state index in [4.69, 9.17) is 9.15 Å². The van der Waals surface area contributed by atoms with Crippen molar-refractivity contribution in [1.82, 2.24) is 10.2 Å². The summed E-state index contributed by atoms with van der Waals surface area (Å²) in [5.41, 5.74) is 0.536. The van der Waals surface area contributed by atoms with E-state index in [9.17, 15) is 4.39 Å². The number of ether oxygens (including phenoxy) is 1. The van der Waals surface area contributed by atoms with E-state index >= 15 is 0 Å². The Balaban J connectivity index is 2.42. The molecule has 0 aliphatic carbocycles. The summed E-state index contributed by atoms with van der Waals surface area (Å²) < 4.78 is 23.3. The molecular weight excluding hydrogens is 199 g/mol. The Morgan fingerprint density at radius 3 is 2.67 bits per heavy atom. The Kier molecular flexibility index (Phi) is 2.37. The molecule has 0 N–H and O–H groups in total. The van der Waals surface area contributed by atoms with Crippen LogP contribution in [0.1, 0.15) is 5.89 Å². The van der Waals surface area contributed by atoms with Crippen LogP contribution < -0.4 is 4.74 Å². The van der Waals surface area contributed by atoms with Gasteiger partial charge in [-0.05, 0) is 18.2 Å². The zero-order chi connectivity index (χ0) is 10.8. The summed E-state index contributed by atoms with van der Waals surface area (Å²) in [4.78, 5) is 0. The van der Waals surface area contributed by atoms with E-state index in [0.29, 0.717) is 17.3 Å². The largest absolute Gasteiger partial charge is 0.494 e.